The number of rotatable bonds is 7. The van der Waals surface area contributed by atoms with E-state index < -0.39 is 6.10 Å². The van der Waals surface area contributed by atoms with Crippen molar-refractivity contribution in [3.05, 3.63) is 53.1 Å². The van der Waals surface area contributed by atoms with E-state index in [0.29, 0.717) is 38.3 Å². The molecular weight excluding hydrogens is 396 g/mol. The third-order valence-corrected chi connectivity index (χ3v) is 5.87. The predicted octanol–water partition coefficient (Wildman–Crippen LogP) is 2.48. The summed E-state index contributed by atoms with van der Waals surface area (Å²) in [5.74, 6) is 1.49. The fourth-order valence-corrected chi connectivity index (χ4v) is 4.27. The first-order chi connectivity index (χ1) is 15.1. The molecule has 1 amide bonds. The average molecular weight is 427 g/mol. The van der Waals surface area contributed by atoms with Gasteiger partial charge in [-0.05, 0) is 61.2 Å². The summed E-state index contributed by atoms with van der Waals surface area (Å²) in [6.07, 6.45) is 1.06. The molecule has 2 heterocycles. The zero-order chi connectivity index (χ0) is 21.8. The molecule has 2 aromatic rings. The Hall–Kier alpha value is -2.61. The third kappa shape index (κ3) is 5.18. The molecule has 2 aliphatic rings. The van der Waals surface area contributed by atoms with Crippen LogP contribution in [-0.2, 0) is 24.4 Å². The van der Waals surface area contributed by atoms with Gasteiger partial charge in [-0.2, -0.15) is 0 Å². The Morgan fingerprint density at radius 3 is 2.84 bits per heavy atom. The number of benzene rings is 2. The standard InChI is InChI=1S/C24H30N2O5/c1-2-30-22-7-3-16(11-18(22)15-27)13-26-10-9-23(21(28)14-26)31-19-5-6-20-17(12-19)4-8-24(29)25-20/h3,5-7,11-12,21,23,27-28H,2,4,8-10,13-15H2,1H3,(H,25,29)/t21-,23-/m1/s1. The average Bonchev–Trinajstić information content (AvgIpc) is 2.77. The first-order valence-corrected chi connectivity index (χ1v) is 10.9. The number of nitrogens with zero attached hydrogens (tertiary/aromatic N) is 1. The number of piperidine rings is 1. The summed E-state index contributed by atoms with van der Waals surface area (Å²) in [5, 5.41) is 23.2. The molecule has 4 rings (SSSR count). The Kier molecular flexibility index (Phi) is 6.75. The second-order valence-electron chi connectivity index (χ2n) is 8.15. The largest absolute Gasteiger partial charge is 0.494 e. The zero-order valence-electron chi connectivity index (χ0n) is 17.8. The number of aliphatic hydroxyl groups is 2. The summed E-state index contributed by atoms with van der Waals surface area (Å²) < 4.78 is 11.6. The maximum atomic E-state index is 11.5. The molecule has 31 heavy (non-hydrogen) atoms. The summed E-state index contributed by atoms with van der Waals surface area (Å²) in [6, 6.07) is 11.5. The molecule has 1 fully saturated rings. The molecule has 2 aromatic carbocycles. The van der Waals surface area contributed by atoms with Crippen molar-refractivity contribution in [3.8, 4) is 11.5 Å². The minimum atomic E-state index is -0.593. The number of ether oxygens (including phenoxy) is 2. The number of amides is 1. The van der Waals surface area contributed by atoms with Crippen LogP contribution < -0.4 is 14.8 Å². The van der Waals surface area contributed by atoms with Crippen molar-refractivity contribution >= 4 is 11.6 Å². The number of hydrogen-bond acceptors (Lipinski definition) is 6. The van der Waals surface area contributed by atoms with E-state index in [1.165, 1.54) is 0 Å². The molecule has 7 nitrogen and oxygen atoms in total. The molecular formula is C24H30N2O5. The van der Waals surface area contributed by atoms with E-state index >= 15 is 0 Å². The van der Waals surface area contributed by atoms with Crippen LogP contribution in [0.25, 0.3) is 0 Å². The maximum absolute atomic E-state index is 11.5. The lowest BCUT2D eigenvalue weighted by Gasteiger charge is -2.36. The lowest BCUT2D eigenvalue weighted by atomic mass is 10.0. The third-order valence-electron chi connectivity index (χ3n) is 5.87. The van der Waals surface area contributed by atoms with E-state index in [1.807, 2.05) is 43.3 Å². The van der Waals surface area contributed by atoms with E-state index in [0.717, 1.165) is 41.1 Å². The van der Waals surface area contributed by atoms with Crippen molar-refractivity contribution in [3.63, 3.8) is 0 Å². The number of nitrogens with one attached hydrogen (secondary N) is 1. The van der Waals surface area contributed by atoms with Crippen LogP contribution in [0, 0.1) is 0 Å². The molecule has 0 aliphatic carbocycles. The number of aryl methyl sites for hydroxylation is 1. The number of hydrogen-bond donors (Lipinski definition) is 3. The minimum Gasteiger partial charge on any atom is -0.494 e. The lowest BCUT2D eigenvalue weighted by molar-refractivity contribution is -0.116. The van der Waals surface area contributed by atoms with Gasteiger partial charge in [-0.25, -0.2) is 0 Å². The second-order valence-corrected chi connectivity index (χ2v) is 8.15. The summed E-state index contributed by atoms with van der Waals surface area (Å²) in [7, 11) is 0. The van der Waals surface area contributed by atoms with Crippen molar-refractivity contribution in [2.75, 3.05) is 25.0 Å². The smallest absolute Gasteiger partial charge is 0.224 e. The molecule has 7 heteroatoms. The molecule has 0 unspecified atom stereocenters. The molecule has 3 N–H and O–H groups in total. The molecule has 0 aromatic heterocycles. The first-order valence-electron chi connectivity index (χ1n) is 10.9. The molecule has 1 saturated heterocycles. The number of aliphatic hydroxyl groups excluding tert-OH is 2. The summed E-state index contributed by atoms with van der Waals surface area (Å²) >= 11 is 0. The highest BCUT2D eigenvalue weighted by Gasteiger charge is 2.29. The summed E-state index contributed by atoms with van der Waals surface area (Å²) in [5.41, 5.74) is 3.77. The molecule has 2 atom stereocenters. The van der Waals surface area contributed by atoms with Crippen molar-refractivity contribution in [2.24, 2.45) is 0 Å². The minimum absolute atomic E-state index is 0.0441. The molecule has 0 saturated carbocycles. The van der Waals surface area contributed by atoms with Crippen LogP contribution in [0.15, 0.2) is 36.4 Å². The normalized spacial score (nSPS) is 21.3. The van der Waals surface area contributed by atoms with Gasteiger partial charge in [0, 0.05) is 37.3 Å². The van der Waals surface area contributed by atoms with Crippen LogP contribution in [0.5, 0.6) is 11.5 Å². The quantitative estimate of drug-likeness (QED) is 0.630. The van der Waals surface area contributed by atoms with Gasteiger partial charge in [0.25, 0.3) is 0 Å². The Bertz CT molecular complexity index is 932. The van der Waals surface area contributed by atoms with Gasteiger partial charge in [0.1, 0.15) is 23.7 Å². The van der Waals surface area contributed by atoms with Crippen molar-refractivity contribution in [2.45, 2.75) is 51.5 Å². The SMILES string of the molecule is CCOc1ccc(CN2CC[C@@H](Oc3ccc4c(c3)CCC(=O)N4)[C@H](O)C2)cc1CO. The van der Waals surface area contributed by atoms with E-state index in [2.05, 4.69) is 10.2 Å². The zero-order valence-corrected chi connectivity index (χ0v) is 17.8. The fourth-order valence-electron chi connectivity index (χ4n) is 4.27. The number of β-amino-alcohol motifs (C(OH)–C–C–N with tert-alkyl or cyclic N) is 1. The second kappa shape index (κ2) is 9.68. The molecule has 0 bridgehead atoms. The number of anilines is 1. The van der Waals surface area contributed by atoms with Gasteiger partial charge < -0.3 is 25.0 Å². The van der Waals surface area contributed by atoms with E-state index in [4.69, 9.17) is 9.47 Å². The van der Waals surface area contributed by atoms with Gasteiger partial charge in [0.05, 0.1) is 13.2 Å². The Morgan fingerprint density at radius 2 is 2.06 bits per heavy atom. The number of fused-ring (bicyclic) bond motifs is 1. The van der Waals surface area contributed by atoms with Gasteiger partial charge in [-0.15, -0.1) is 0 Å². The number of carbonyl (C=O) groups is 1. The van der Waals surface area contributed by atoms with E-state index in [-0.39, 0.29) is 18.6 Å². The van der Waals surface area contributed by atoms with Crippen molar-refractivity contribution < 1.29 is 24.5 Å². The topological polar surface area (TPSA) is 91.3 Å². The highest BCUT2D eigenvalue weighted by atomic mass is 16.5. The van der Waals surface area contributed by atoms with Gasteiger partial charge >= 0.3 is 0 Å². The van der Waals surface area contributed by atoms with Crippen LogP contribution in [0.3, 0.4) is 0 Å². The molecule has 0 radical (unpaired) electrons. The first kappa shape index (κ1) is 21.6. The lowest BCUT2D eigenvalue weighted by Crippen LogP contribution is -2.48. The molecule has 0 spiro atoms. The summed E-state index contributed by atoms with van der Waals surface area (Å²) in [4.78, 5) is 13.7. The predicted molar refractivity (Wildman–Crippen MR) is 117 cm³/mol. The van der Waals surface area contributed by atoms with Crippen LogP contribution in [0.4, 0.5) is 5.69 Å². The van der Waals surface area contributed by atoms with Crippen molar-refractivity contribution in [1.82, 2.24) is 4.90 Å². The van der Waals surface area contributed by atoms with Crippen LogP contribution in [-0.4, -0.2) is 52.9 Å². The Morgan fingerprint density at radius 1 is 1.19 bits per heavy atom. The van der Waals surface area contributed by atoms with E-state index in [9.17, 15) is 15.0 Å². The Balaban J connectivity index is 1.34. The Labute approximate surface area is 182 Å². The highest BCUT2D eigenvalue weighted by molar-refractivity contribution is 5.94. The van der Waals surface area contributed by atoms with E-state index in [1.54, 1.807) is 0 Å². The maximum Gasteiger partial charge on any atom is 0.224 e. The number of likely N-dealkylation sites (tertiary alicyclic amines) is 1. The number of carbonyl (C=O) groups excluding carboxylic acids is 1. The van der Waals surface area contributed by atoms with Gasteiger partial charge in [0.15, 0.2) is 0 Å². The van der Waals surface area contributed by atoms with Crippen LogP contribution in [0.1, 0.15) is 36.5 Å². The van der Waals surface area contributed by atoms with Gasteiger partial charge in [-0.3, -0.25) is 9.69 Å². The highest BCUT2D eigenvalue weighted by Crippen LogP contribution is 2.29. The van der Waals surface area contributed by atoms with Crippen LogP contribution >= 0.6 is 0 Å². The monoisotopic (exact) mass is 426 g/mol. The molecule has 2 aliphatic heterocycles. The summed E-state index contributed by atoms with van der Waals surface area (Å²) in [6.45, 7) is 4.45. The molecule has 166 valence electrons. The van der Waals surface area contributed by atoms with Gasteiger partial charge in [-0.1, -0.05) is 6.07 Å². The van der Waals surface area contributed by atoms with Crippen LogP contribution in [0.2, 0.25) is 0 Å². The van der Waals surface area contributed by atoms with Gasteiger partial charge in [0.2, 0.25) is 5.91 Å². The fraction of sp³-hybridized carbons (Fsp3) is 0.458. The van der Waals surface area contributed by atoms with Crippen molar-refractivity contribution in [1.29, 1.82) is 0 Å².